The van der Waals surface area contributed by atoms with E-state index in [0.29, 0.717) is 24.6 Å². The molecule has 0 unspecified atom stereocenters. The largest absolute Gasteiger partial charge is 0.493 e. The Morgan fingerprint density at radius 2 is 1.72 bits per heavy atom. The predicted octanol–water partition coefficient (Wildman–Crippen LogP) is 3.44. The molecule has 2 aromatic carbocycles. The zero-order valence-corrected chi connectivity index (χ0v) is 14.3. The van der Waals surface area contributed by atoms with E-state index in [9.17, 15) is 9.18 Å². The van der Waals surface area contributed by atoms with Crippen molar-refractivity contribution in [3.05, 3.63) is 65.0 Å². The van der Waals surface area contributed by atoms with Crippen LogP contribution in [0.1, 0.15) is 16.7 Å². The molecule has 25 heavy (non-hydrogen) atoms. The van der Waals surface area contributed by atoms with Crippen molar-refractivity contribution >= 4 is 12.0 Å². The summed E-state index contributed by atoms with van der Waals surface area (Å²) in [5.41, 5.74) is 3.02. The first-order valence-electron chi connectivity index (χ1n) is 8.07. The number of benzene rings is 2. The van der Waals surface area contributed by atoms with E-state index in [4.69, 9.17) is 9.47 Å². The van der Waals surface area contributed by atoms with Crippen LogP contribution in [0.3, 0.4) is 0 Å². The van der Waals surface area contributed by atoms with E-state index in [1.54, 1.807) is 37.3 Å². The molecule has 0 aliphatic carbocycles. The summed E-state index contributed by atoms with van der Waals surface area (Å²) in [7, 11) is 3.21. The molecule has 4 nitrogen and oxygen atoms in total. The van der Waals surface area contributed by atoms with Gasteiger partial charge in [-0.05, 0) is 53.5 Å². The summed E-state index contributed by atoms with van der Waals surface area (Å²) < 4.78 is 23.6. The second-order valence-corrected chi connectivity index (χ2v) is 5.87. The summed E-state index contributed by atoms with van der Waals surface area (Å²) in [4.78, 5) is 14.2. The molecule has 5 heteroatoms. The lowest BCUT2D eigenvalue weighted by Crippen LogP contribution is -2.34. The van der Waals surface area contributed by atoms with E-state index in [-0.39, 0.29) is 11.7 Å². The van der Waals surface area contributed by atoms with Gasteiger partial charge in [0.05, 0.1) is 14.2 Å². The molecule has 1 aliphatic rings. The van der Waals surface area contributed by atoms with Crippen LogP contribution in [0, 0.1) is 5.82 Å². The van der Waals surface area contributed by atoms with E-state index < -0.39 is 0 Å². The third kappa shape index (κ3) is 3.82. The number of methoxy groups -OCH3 is 2. The molecule has 0 saturated carbocycles. The molecular weight excluding hydrogens is 321 g/mol. The second kappa shape index (κ2) is 7.38. The third-order valence-electron chi connectivity index (χ3n) is 4.32. The lowest BCUT2D eigenvalue weighted by atomic mass is 9.98. The van der Waals surface area contributed by atoms with Crippen molar-refractivity contribution in [1.82, 2.24) is 4.90 Å². The van der Waals surface area contributed by atoms with Crippen LogP contribution in [0.5, 0.6) is 11.5 Å². The molecule has 0 aromatic heterocycles. The molecule has 2 aromatic rings. The first-order chi connectivity index (χ1) is 12.1. The van der Waals surface area contributed by atoms with Gasteiger partial charge in [-0.2, -0.15) is 0 Å². The number of carbonyl (C=O) groups excluding carboxylic acids is 1. The minimum absolute atomic E-state index is 0.0650. The maximum atomic E-state index is 12.9. The van der Waals surface area contributed by atoms with Crippen LogP contribution in [0.25, 0.3) is 6.08 Å². The Morgan fingerprint density at radius 3 is 2.36 bits per heavy atom. The van der Waals surface area contributed by atoms with Crippen LogP contribution in [0.15, 0.2) is 42.5 Å². The summed E-state index contributed by atoms with van der Waals surface area (Å²) in [6.07, 6.45) is 4.00. The first kappa shape index (κ1) is 17.0. The van der Waals surface area contributed by atoms with E-state index in [0.717, 1.165) is 17.5 Å². The average molecular weight is 341 g/mol. The van der Waals surface area contributed by atoms with Gasteiger partial charge in [-0.1, -0.05) is 12.1 Å². The molecule has 130 valence electrons. The van der Waals surface area contributed by atoms with Crippen molar-refractivity contribution in [2.75, 3.05) is 20.8 Å². The lowest BCUT2D eigenvalue weighted by molar-refractivity contribution is -0.126. The monoisotopic (exact) mass is 341 g/mol. The van der Waals surface area contributed by atoms with Crippen molar-refractivity contribution in [1.29, 1.82) is 0 Å². The Hall–Kier alpha value is -2.82. The molecule has 1 amide bonds. The van der Waals surface area contributed by atoms with Gasteiger partial charge < -0.3 is 14.4 Å². The van der Waals surface area contributed by atoms with Gasteiger partial charge in [-0.15, -0.1) is 0 Å². The third-order valence-corrected chi connectivity index (χ3v) is 4.32. The lowest BCUT2D eigenvalue weighted by Gasteiger charge is -2.28. The number of amides is 1. The number of carbonyl (C=O) groups is 1. The molecule has 0 atom stereocenters. The van der Waals surface area contributed by atoms with Crippen molar-refractivity contribution in [2.24, 2.45) is 0 Å². The summed E-state index contributed by atoms with van der Waals surface area (Å²) >= 11 is 0. The minimum atomic E-state index is -0.291. The molecule has 0 spiro atoms. The smallest absolute Gasteiger partial charge is 0.246 e. The molecule has 1 aliphatic heterocycles. The highest BCUT2D eigenvalue weighted by molar-refractivity contribution is 5.92. The van der Waals surface area contributed by atoms with E-state index in [2.05, 4.69) is 0 Å². The second-order valence-electron chi connectivity index (χ2n) is 5.87. The Balaban J connectivity index is 1.73. The zero-order valence-electron chi connectivity index (χ0n) is 14.3. The SMILES string of the molecule is COc1cc2c(cc1OC)CN(C(=O)C=Cc1ccc(F)cc1)CC2. The minimum Gasteiger partial charge on any atom is -0.493 e. The molecule has 0 fully saturated rings. The molecular formula is C20H20FNO3. The van der Waals surface area contributed by atoms with Crippen LogP contribution in [0.2, 0.25) is 0 Å². The molecule has 0 N–H and O–H groups in total. The van der Waals surface area contributed by atoms with Gasteiger partial charge in [0, 0.05) is 19.2 Å². The standard InChI is InChI=1S/C20H20FNO3/c1-24-18-11-15-9-10-22(13-16(15)12-19(18)25-2)20(23)8-5-14-3-6-17(21)7-4-14/h3-8,11-12H,9-10,13H2,1-2H3. The Bertz CT molecular complexity index is 799. The summed E-state index contributed by atoms with van der Waals surface area (Å²) in [5.74, 6) is 1.01. The van der Waals surface area contributed by atoms with Crippen molar-refractivity contribution in [2.45, 2.75) is 13.0 Å². The van der Waals surface area contributed by atoms with Gasteiger partial charge in [0.1, 0.15) is 5.82 Å². The van der Waals surface area contributed by atoms with Crippen LogP contribution in [0.4, 0.5) is 4.39 Å². The van der Waals surface area contributed by atoms with Crippen LogP contribution in [-0.4, -0.2) is 31.6 Å². The maximum absolute atomic E-state index is 12.9. The number of hydrogen-bond acceptors (Lipinski definition) is 3. The van der Waals surface area contributed by atoms with Gasteiger partial charge >= 0.3 is 0 Å². The predicted molar refractivity (Wildman–Crippen MR) is 94.1 cm³/mol. The Labute approximate surface area is 146 Å². The van der Waals surface area contributed by atoms with Crippen molar-refractivity contribution < 1.29 is 18.7 Å². The summed E-state index contributed by atoms with van der Waals surface area (Å²) in [6.45, 7) is 1.18. The van der Waals surface area contributed by atoms with E-state index in [1.165, 1.54) is 23.8 Å². The van der Waals surface area contributed by atoms with Crippen LogP contribution >= 0.6 is 0 Å². The molecule has 0 bridgehead atoms. The fourth-order valence-electron chi connectivity index (χ4n) is 2.92. The van der Waals surface area contributed by atoms with E-state index in [1.807, 2.05) is 12.1 Å². The number of nitrogens with zero attached hydrogens (tertiary/aromatic N) is 1. The molecule has 0 radical (unpaired) electrons. The van der Waals surface area contributed by atoms with Gasteiger partial charge in [-0.25, -0.2) is 4.39 Å². The Kier molecular flexibility index (Phi) is 5.03. The number of ether oxygens (including phenoxy) is 2. The fourth-order valence-corrected chi connectivity index (χ4v) is 2.92. The van der Waals surface area contributed by atoms with Crippen LogP contribution in [-0.2, 0) is 17.8 Å². The van der Waals surface area contributed by atoms with E-state index >= 15 is 0 Å². The van der Waals surface area contributed by atoms with Gasteiger partial charge in [0.25, 0.3) is 0 Å². The number of fused-ring (bicyclic) bond motifs is 1. The molecule has 1 heterocycles. The fraction of sp³-hybridized carbons (Fsp3) is 0.250. The van der Waals surface area contributed by atoms with Gasteiger partial charge in [-0.3, -0.25) is 4.79 Å². The molecule has 0 saturated heterocycles. The highest BCUT2D eigenvalue weighted by atomic mass is 19.1. The van der Waals surface area contributed by atoms with Crippen LogP contribution < -0.4 is 9.47 Å². The number of hydrogen-bond donors (Lipinski definition) is 0. The van der Waals surface area contributed by atoms with Crippen molar-refractivity contribution in [3.63, 3.8) is 0 Å². The summed E-state index contributed by atoms with van der Waals surface area (Å²) in [5, 5.41) is 0. The highest BCUT2D eigenvalue weighted by Gasteiger charge is 2.21. The number of halogens is 1. The average Bonchev–Trinajstić information content (AvgIpc) is 2.65. The zero-order chi connectivity index (χ0) is 17.8. The topological polar surface area (TPSA) is 38.8 Å². The van der Waals surface area contributed by atoms with Gasteiger partial charge in [0.15, 0.2) is 11.5 Å². The summed E-state index contributed by atoms with van der Waals surface area (Å²) in [6, 6.07) is 9.94. The first-order valence-corrected chi connectivity index (χ1v) is 8.07. The highest BCUT2D eigenvalue weighted by Crippen LogP contribution is 2.33. The molecule has 3 rings (SSSR count). The number of rotatable bonds is 4. The normalized spacial score (nSPS) is 13.6. The van der Waals surface area contributed by atoms with Crippen molar-refractivity contribution in [3.8, 4) is 11.5 Å². The Morgan fingerprint density at radius 1 is 1.08 bits per heavy atom. The quantitative estimate of drug-likeness (QED) is 0.800. The maximum Gasteiger partial charge on any atom is 0.246 e. The van der Waals surface area contributed by atoms with Gasteiger partial charge in [0.2, 0.25) is 5.91 Å².